The van der Waals surface area contributed by atoms with Gasteiger partial charge in [0.25, 0.3) is 0 Å². The van der Waals surface area contributed by atoms with E-state index in [-0.39, 0.29) is 0 Å². The topological polar surface area (TPSA) is 41.3 Å². The lowest BCUT2D eigenvalue weighted by Crippen LogP contribution is -2.33. The zero-order chi connectivity index (χ0) is 12.1. The van der Waals surface area contributed by atoms with Crippen molar-refractivity contribution >= 4 is 0 Å². The van der Waals surface area contributed by atoms with Gasteiger partial charge in [-0.15, -0.1) is 0 Å². The van der Waals surface area contributed by atoms with Crippen LogP contribution in [0.4, 0.5) is 0 Å². The van der Waals surface area contributed by atoms with E-state index < -0.39 is 0 Å². The number of rotatable bonds is 4. The first kappa shape index (κ1) is 12.6. The molecule has 1 aromatic heterocycles. The van der Waals surface area contributed by atoms with E-state index in [1.54, 1.807) is 6.26 Å². The molecule has 0 aliphatic carbocycles. The smallest absolute Gasteiger partial charge is 0.124 e. The zero-order valence-electron chi connectivity index (χ0n) is 10.9. The van der Waals surface area contributed by atoms with Crippen molar-refractivity contribution in [3.63, 3.8) is 0 Å². The van der Waals surface area contributed by atoms with E-state index in [2.05, 4.69) is 29.2 Å². The van der Waals surface area contributed by atoms with E-state index in [4.69, 9.17) is 4.52 Å². The third-order valence-electron chi connectivity index (χ3n) is 3.56. The van der Waals surface area contributed by atoms with Gasteiger partial charge in [-0.1, -0.05) is 5.16 Å². The Morgan fingerprint density at radius 3 is 3.06 bits per heavy atom. The molecular weight excluding hydrogens is 214 g/mol. The molecule has 4 nitrogen and oxygen atoms in total. The minimum absolute atomic E-state index is 0.621. The summed E-state index contributed by atoms with van der Waals surface area (Å²) in [6.07, 6.45) is 5.41. The Bertz CT molecular complexity index is 310. The maximum Gasteiger partial charge on any atom is 0.124 e. The van der Waals surface area contributed by atoms with Crippen LogP contribution in [-0.2, 0) is 6.54 Å². The summed E-state index contributed by atoms with van der Waals surface area (Å²) >= 11 is 0. The Hall–Kier alpha value is -0.870. The first-order valence-corrected chi connectivity index (χ1v) is 6.62. The van der Waals surface area contributed by atoms with Crippen LogP contribution in [0.2, 0.25) is 0 Å². The van der Waals surface area contributed by atoms with Gasteiger partial charge in [-0.05, 0) is 46.2 Å². The van der Waals surface area contributed by atoms with E-state index in [0.717, 1.165) is 12.2 Å². The van der Waals surface area contributed by atoms with Crippen LogP contribution in [0, 0.1) is 0 Å². The largest absolute Gasteiger partial charge is 0.364 e. The molecule has 2 rings (SSSR count). The van der Waals surface area contributed by atoms with Crippen molar-refractivity contribution in [2.45, 2.75) is 51.7 Å². The van der Waals surface area contributed by atoms with Crippen molar-refractivity contribution in [2.24, 2.45) is 0 Å². The summed E-state index contributed by atoms with van der Waals surface area (Å²) in [5.74, 6) is 0. The van der Waals surface area contributed by atoms with Crippen LogP contribution in [0.15, 0.2) is 16.9 Å². The normalized spacial score (nSPS) is 22.9. The van der Waals surface area contributed by atoms with Gasteiger partial charge in [0.05, 0.1) is 5.69 Å². The average molecular weight is 237 g/mol. The molecule has 1 N–H and O–H groups in total. The fraction of sp³-hybridized carbons (Fsp3) is 0.769. The third kappa shape index (κ3) is 3.82. The lowest BCUT2D eigenvalue weighted by molar-refractivity contribution is 0.229. The number of likely N-dealkylation sites (tertiary alicyclic amines) is 1. The molecule has 1 aromatic rings. The summed E-state index contributed by atoms with van der Waals surface area (Å²) in [5, 5.41) is 7.49. The number of nitrogens with zero attached hydrogens (tertiary/aromatic N) is 2. The molecule has 1 aliphatic rings. The van der Waals surface area contributed by atoms with Gasteiger partial charge in [-0.25, -0.2) is 0 Å². The van der Waals surface area contributed by atoms with Crippen molar-refractivity contribution in [3.05, 3.63) is 18.0 Å². The Kier molecular flexibility index (Phi) is 4.57. The van der Waals surface area contributed by atoms with Crippen LogP contribution >= 0.6 is 0 Å². The number of aromatic nitrogens is 1. The number of nitrogens with one attached hydrogen (secondary N) is 1. The van der Waals surface area contributed by atoms with Crippen LogP contribution in [0.5, 0.6) is 0 Å². The quantitative estimate of drug-likeness (QED) is 0.870. The van der Waals surface area contributed by atoms with Crippen molar-refractivity contribution in [1.29, 1.82) is 0 Å². The van der Waals surface area contributed by atoms with E-state index in [9.17, 15) is 0 Å². The molecule has 2 heterocycles. The summed E-state index contributed by atoms with van der Waals surface area (Å²) in [5.41, 5.74) is 0.995. The summed E-state index contributed by atoms with van der Waals surface area (Å²) in [6, 6.07) is 3.21. The second-order valence-corrected chi connectivity index (χ2v) is 5.13. The molecule has 0 amide bonds. The van der Waals surface area contributed by atoms with E-state index in [1.807, 2.05) is 6.07 Å². The lowest BCUT2D eigenvalue weighted by atomic mass is 10.1. The molecule has 17 heavy (non-hydrogen) atoms. The predicted octanol–water partition coefficient (Wildman–Crippen LogP) is 2.03. The van der Waals surface area contributed by atoms with Gasteiger partial charge in [0.15, 0.2) is 0 Å². The van der Waals surface area contributed by atoms with Gasteiger partial charge in [0, 0.05) is 24.7 Å². The van der Waals surface area contributed by atoms with Crippen molar-refractivity contribution < 1.29 is 4.52 Å². The molecule has 1 unspecified atom stereocenters. The molecule has 0 radical (unpaired) electrons. The summed E-state index contributed by atoms with van der Waals surface area (Å²) < 4.78 is 4.83. The second kappa shape index (κ2) is 6.17. The van der Waals surface area contributed by atoms with Crippen LogP contribution in [0.1, 0.15) is 38.8 Å². The van der Waals surface area contributed by atoms with Crippen LogP contribution in [0.3, 0.4) is 0 Å². The van der Waals surface area contributed by atoms with Crippen molar-refractivity contribution in [3.8, 4) is 0 Å². The molecule has 0 spiro atoms. The first-order valence-electron chi connectivity index (χ1n) is 6.62. The van der Waals surface area contributed by atoms with Crippen LogP contribution < -0.4 is 5.32 Å². The van der Waals surface area contributed by atoms with Gasteiger partial charge in [-0.3, -0.25) is 0 Å². The molecule has 1 fully saturated rings. The highest BCUT2D eigenvalue weighted by atomic mass is 16.5. The number of hydrogen-bond donors (Lipinski definition) is 1. The highest BCUT2D eigenvalue weighted by molar-refractivity contribution is 4.95. The third-order valence-corrected chi connectivity index (χ3v) is 3.56. The molecule has 0 bridgehead atoms. The lowest BCUT2D eigenvalue weighted by Gasteiger charge is -2.24. The zero-order valence-corrected chi connectivity index (χ0v) is 10.9. The predicted molar refractivity (Wildman–Crippen MR) is 67.7 cm³/mol. The summed E-state index contributed by atoms with van der Waals surface area (Å²) in [7, 11) is 0. The fourth-order valence-corrected chi connectivity index (χ4v) is 2.42. The molecule has 0 saturated carbocycles. The Labute approximate surface area is 103 Å². The molecule has 4 heteroatoms. The maximum absolute atomic E-state index is 4.83. The van der Waals surface area contributed by atoms with E-state index >= 15 is 0 Å². The Balaban J connectivity index is 1.75. The highest BCUT2D eigenvalue weighted by Gasteiger charge is 2.18. The standard InChI is InChI=1S/C13H23N3O/c1-11(2)16-7-3-4-12(5-8-16)14-10-13-6-9-17-15-13/h6,9,11-12,14H,3-5,7-8,10H2,1-2H3. The van der Waals surface area contributed by atoms with Crippen molar-refractivity contribution in [1.82, 2.24) is 15.4 Å². The summed E-state index contributed by atoms with van der Waals surface area (Å²) in [6.45, 7) is 7.82. The van der Waals surface area contributed by atoms with Gasteiger partial charge < -0.3 is 14.7 Å². The maximum atomic E-state index is 4.83. The highest BCUT2D eigenvalue weighted by Crippen LogP contribution is 2.13. The fourth-order valence-electron chi connectivity index (χ4n) is 2.42. The Morgan fingerprint density at radius 2 is 2.35 bits per heavy atom. The van der Waals surface area contributed by atoms with Gasteiger partial charge in [0.1, 0.15) is 6.26 Å². The average Bonchev–Trinajstić information content (AvgIpc) is 2.70. The molecular formula is C13H23N3O. The number of hydrogen-bond acceptors (Lipinski definition) is 4. The van der Waals surface area contributed by atoms with E-state index in [0.29, 0.717) is 12.1 Å². The second-order valence-electron chi connectivity index (χ2n) is 5.13. The SMILES string of the molecule is CC(C)N1CCCC(NCc2ccon2)CC1. The van der Waals surface area contributed by atoms with Crippen molar-refractivity contribution in [2.75, 3.05) is 13.1 Å². The van der Waals surface area contributed by atoms with Gasteiger partial charge >= 0.3 is 0 Å². The van der Waals surface area contributed by atoms with Crippen LogP contribution in [-0.4, -0.2) is 35.2 Å². The molecule has 1 saturated heterocycles. The molecule has 96 valence electrons. The first-order chi connectivity index (χ1) is 8.25. The molecule has 0 aromatic carbocycles. The minimum atomic E-state index is 0.621. The van der Waals surface area contributed by atoms with Crippen LogP contribution in [0.25, 0.3) is 0 Å². The monoisotopic (exact) mass is 237 g/mol. The summed E-state index contributed by atoms with van der Waals surface area (Å²) in [4.78, 5) is 2.57. The van der Waals surface area contributed by atoms with E-state index in [1.165, 1.54) is 32.4 Å². The van der Waals surface area contributed by atoms with Gasteiger partial charge in [-0.2, -0.15) is 0 Å². The minimum Gasteiger partial charge on any atom is -0.364 e. The van der Waals surface area contributed by atoms with Gasteiger partial charge in [0.2, 0.25) is 0 Å². The molecule has 1 atom stereocenters. The molecule has 1 aliphatic heterocycles. The Morgan fingerprint density at radius 1 is 1.47 bits per heavy atom.